The summed E-state index contributed by atoms with van der Waals surface area (Å²) in [6, 6.07) is 9.20. The molecular formula is C20H21N5O3. The number of amides is 2. The van der Waals surface area contributed by atoms with Gasteiger partial charge in [-0.3, -0.25) is 4.57 Å². The monoisotopic (exact) mass is 379 g/mol. The highest BCUT2D eigenvalue weighted by Crippen LogP contribution is 2.28. The number of urea groups is 1. The second-order valence-electron chi connectivity index (χ2n) is 6.50. The van der Waals surface area contributed by atoms with Crippen molar-refractivity contribution in [1.82, 2.24) is 25.2 Å². The van der Waals surface area contributed by atoms with E-state index in [0.717, 1.165) is 28.4 Å². The van der Waals surface area contributed by atoms with E-state index in [1.54, 1.807) is 25.8 Å². The van der Waals surface area contributed by atoms with Crippen LogP contribution in [0.4, 0.5) is 4.79 Å². The number of methoxy groups -OCH3 is 1. The van der Waals surface area contributed by atoms with Crippen molar-refractivity contribution >= 4 is 6.03 Å². The molecule has 28 heavy (non-hydrogen) atoms. The fourth-order valence-corrected chi connectivity index (χ4v) is 3.10. The van der Waals surface area contributed by atoms with Gasteiger partial charge in [-0.2, -0.15) is 0 Å². The van der Waals surface area contributed by atoms with Crippen LogP contribution >= 0.6 is 0 Å². The lowest BCUT2D eigenvalue weighted by Gasteiger charge is -2.26. The molecule has 0 bridgehead atoms. The number of pyridine rings is 1. The number of hydrogen-bond donors (Lipinski definition) is 2. The smallest absolute Gasteiger partial charge is 0.315 e. The van der Waals surface area contributed by atoms with E-state index in [1.807, 2.05) is 41.1 Å². The number of benzene rings is 1. The Hall–Kier alpha value is -3.55. The summed E-state index contributed by atoms with van der Waals surface area (Å²) in [7, 11) is 1.63. The molecule has 2 amide bonds. The van der Waals surface area contributed by atoms with Gasteiger partial charge in [-0.25, -0.2) is 14.8 Å². The quantitative estimate of drug-likeness (QED) is 0.708. The van der Waals surface area contributed by atoms with E-state index < -0.39 is 0 Å². The lowest BCUT2D eigenvalue weighted by atomic mass is 10.0. The summed E-state index contributed by atoms with van der Waals surface area (Å²) in [6.45, 7) is 0.824. The van der Waals surface area contributed by atoms with Crippen molar-refractivity contribution in [3.63, 3.8) is 0 Å². The van der Waals surface area contributed by atoms with Crippen molar-refractivity contribution in [3.8, 4) is 17.3 Å². The molecule has 0 fully saturated rings. The van der Waals surface area contributed by atoms with E-state index in [4.69, 9.17) is 9.47 Å². The summed E-state index contributed by atoms with van der Waals surface area (Å²) in [4.78, 5) is 20.6. The number of carbonyl (C=O) groups is 1. The fourth-order valence-electron chi connectivity index (χ4n) is 3.10. The highest BCUT2D eigenvalue weighted by Gasteiger charge is 2.21. The van der Waals surface area contributed by atoms with Crippen molar-refractivity contribution in [2.45, 2.75) is 19.0 Å². The molecule has 1 aliphatic rings. The number of nitrogens with one attached hydrogen (secondary N) is 2. The van der Waals surface area contributed by atoms with Gasteiger partial charge in [-0.15, -0.1) is 0 Å². The van der Waals surface area contributed by atoms with E-state index in [2.05, 4.69) is 20.6 Å². The van der Waals surface area contributed by atoms with Crippen LogP contribution in [-0.2, 0) is 13.0 Å². The van der Waals surface area contributed by atoms with E-state index in [9.17, 15) is 4.79 Å². The van der Waals surface area contributed by atoms with Crippen LogP contribution < -0.4 is 20.1 Å². The Morgan fingerprint density at radius 1 is 1.32 bits per heavy atom. The topological polar surface area (TPSA) is 90.3 Å². The van der Waals surface area contributed by atoms with Crippen molar-refractivity contribution in [2.24, 2.45) is 0 Å². The van der Waals surface area contributed by atoms with Crippen LogP contribution in [0.3, 0.4) is 0 Å². The molecule has 1 aromatic carbocycles. The molecule has 2 N–H and O–H groups in total. The number of ether oxygens (including phenoxy) is 2. The third-order valence-electron chi connectivity index (χ3n) is 4.55. The molecule has 0 spiro atoms. The van der Waals surface area contributed by atoms with Crippen molar-refractivity contribution in [3.05, 3.63) is 66.4 Å². The van der Waals surface area contributed by atoms with E-state index in [0.29, 0.717) is 19.6 Å². The molecule has 0 aliphatic carbocycles. The van der Waals surface area contributed by atoms with Crippen LogP contribution in [0.25, 0.3) is 5.82 Å². The maximum Gasteiger partial charge on any atom is 0.315 e. The van der Waals surface area contributed by atoms with Gasteiger partial charge in [0.15, 0.2) is 0 Å². The van der Waals surface area contributed by atoms with Crippen LogP contribution in [0.15, 0.2) is 55.2 Å². The Kier molecular flexibility index (Phi) is 5.09. The number of carbonyl (C=O) groups excluding carboxylic acids is 1. The van der Waals surface area contributed by atoms with Gasteiger partial charge in [0.25, 0.3) is 0 Å². The molecular weight excluding hydrogens is 358 g/mol. The van der Waals surface area contributed by atoms with E-state index >= 15 is 0 Å². The first kappa shape index (κ1) is 17.8. The minimum absolute atomic E-state index is 0.0835. The van der Waals surface area contributed by atoms with Gasteiger partial charge in [0.1, 0.15) is 30.3 Å². The largest absolute Gasteiger partial charge is 0.497 e. The average molecular weight is 379 g/mol. The summed E-state index contributed by atoms with van der Waals surface area (Å²) in [5.74, 6) is 2.32. The summed E-state index contributed by atoms with van der Waals surface area (Å²) < 4.78 is 12.8. The maximum atomic E-state index is 12.3. The fraction of sp³-hybridized carbons (Fsp3) is 0.250. The SMILES string of the molecule is COc1ccc2c(c1)OCC(NC(=O)NCc1ccnc(-n3ccnc3)c1)C2. The average Bonchev–Trinajstić information content (AvgIpc) is 3.27. The lowest BCUT2D eigenvalue weighted by Crippen LogP contribution is -2.47. The molecule has 0 radical (unpaired) electrons. The highest BCUT2D eigenvalue weighted by molar-refractivity contribution is 5.74. The second kappa shape index (κ2) is 7.99. The second-order valence-corrected chi connectivity index (χ2v) is 6.50. The predicted octanol–water partition coefficient (Wildman–Crippen LogP) is 2.08. The van der Waals surface area contributed by atoms with Gasteiger partial charge in [0.05, 0.1) is 13.2 Å². The van der Waals surface area contributed by atoms with E-state index in [1.165, 1.54) is 0 Å². The molecule has 3 heterocycles. The Morgan fingerprint density at radius 2 is 2.25 bits per heavy atom. The molecule has 0 saturated heterocycles. The molecule has 4 rings (SSSR count). The third kappa shape index (κ3) is 4.06. The van der Waals surface area contributed by atoms with Crippen LogP contribution in [-0.4, -0.2) is 40.3 Å². The number of aromatic nitrogens is 3. The minimum Gasteiger partial charge on any atom is -0.497 e. The lowest BCUT2D eigenvalue weighted by molar-refractivity contribution is 0.214. The van der Waals surface area contributed by atoms with Crippen LogP contribution in [0.5, 0.6) is 11.5 Å². The first-order valence-electron chi connectivity index (χ1n) is 8.98. The van der Waals surface area contributed by atoms with Gasteiger partial charge < -0.3 is 20.1 Å². The van der Waals surface area contributed by atoms with Crippen molar-refractivity contribution in [2.75, 3.05) is 13.7 Å². The predicted molar refractivity (Wildman–Crippen MR) is 103 cm³/mol. The molecule has 8 nitrogen and oxygen atoms in total. The maximum absolute atomic E-state index is 12.3. The first-order chi connectivity index (χ1) is 13.7. The molecule has 8 heteroatoms. The zero-order chi connectivity index (χ0) is 19.3. The van der Waals surface area contributed by atoms with Crippen LogP contribution in [0.2, 0.25) is 0 Å². The Labute approximate surface area is 162 Å². The Morgan fingerprint density at radius 3 is 3.07 bits per heavy atom. The Balaban J connectivity index is 1.31. The van der Waals surface area contributed by atoms with Gasteiger partial charge in [0.2, 0.25) is 0 Å². The molecule has 1 atom stereocenters. The molecule has 1 unspecified atom stereocenters. The number of fused-ring (bicyclic) bond motifs is 1. The number of nitrogens with zero attached hydrogens (tertiary/aromatic N) is 3. The summed E-state index contributed by atoms with van der Waals surface area (Å²) in [5.41, 5.74) is 2.00. The van der Waals surface area contributed by atoms with Crippen LogP contribution in [0.1, 0.15) is 11.1 Å². The van der Waals surface area contributed by atoms with Gasteiger partial charge in [0, 0.05) is 31.2 Å². The molecule has 144 valence electrons. The number of hydrogen-bond acceptors (Lipinski definition) is 5. The van der Waals surface area contributed by atoms with Gasteiger partial charge in [-0.1, -0.05) is 6.07 Å². The molecule has 1 aliphatic heterocycles. The molecule has 2 aromatic heterocycles. The zero-order valence-corrected chi connectivity index (χ0v) is 15.5. The minimum atomic E-state index is -0.230. The summed E-state index contributed by atoms with van der Waals surface area (Å²) >= 11 is 0. The summed E-state index contributed by atoms with van der Waals surface area (Å²) in [6.07, 6.45) is 7.63. The summed E-state index contributed by atoms with van der Waals surface area (Å²) in [5, 5.41) is 5.85. The standard InChI is InChI=1S/C20H21N5O3/c1-27-17-3-2-15-9-16(12-28-18(15)10-17)24-20(26)23-11-14-4-5-22-19(8-14)25-7-6-21-13-25/h2-8,10,13,16H,9,11-12H2,1H3,(H2,23,24,26). The van der Waals surface area contributed by atoms with Gasteiger partial charge in [-0.05, 0) is 35.7 Å². The Bertz CT molecular complexity index is 958. The van der Waals surface area contributed by atoms with E-state index in [-0.39, 0.29) is 12.1 Å². The highest BCUT2D eigenvalue weighted by atomic mass is 16.5. The number of rotatable bonds is 5. The number of imidazole rings is 1. The van der Waals surface area contributed by atoms with Gasteiger partial charge >= 0.3 is 6.03 Å². The van der Waals surface area contributed by atoms with Crippen molar-refractivity contribution in [1.29, 1.82) is 0 Å². The molecule has 0 saturated carbocycles. The molecule has 3 aromatic rings. The first-order valence-corrected chi connectivity index (χ1v) is 8.98. The van der Waals surface area contributed by atoms with Crippen molar-refractivity contribution < 1.29 is 14.3 Å². The third-order valence-corrected chi connectivity index (χ3v) is 4.55. The normalized spacial score (nSPS) is 15.2. The zero-order valence-electron chi connectivity index (χ0n) is 15.5. The van der Waals surface area contributed by atoms with Crippen LogP contribution in [0, 0.1) is 0 Å².